The van der Waals surface area contributed by atoms with Gasteiger partial charge in [-0.2, -0.15) is 0 Å². The van der Waals surface area contributed by atoms with Crippen molar-refractivity contribution in [3.63, 3.8) is 0 Å². The molecule has 0 bridgehead atoms. The van der Waals surface area contributed by atoms with E-state index in [4.69, 9.17) is 4.74 Å². The number of hydrogen-bond acceptors (Lipinski definition) is 4. The Labute approximate surface area is 125 Å². The molecule has 2 saturated heterocycles. The highest BCUT2D eigenvalue weighted by Crippen LogP contribution is 2.18. The molecule has 2 heterocycles. The van der Waals surface area contributed by atoms with E-state index in [0.717, 1.165) is 19.6 Å². The average molecular weight is 299 g/mol. The molecular formula is C14H25N3O4. The molecule has 0 spiro atoms. The van der Waals surface area contributed by atoms with E-state index in [0.29, 0.717) is 13.0 Å². The number of aliphatic carboxylic acids is 1. The highest BCUT2D eigenvalue weighted by atomic mass is 16.5. The quantitative estimate of drug-likeness (QED) is 0.684. The smallest absolute Gasteiger partial charge is 0.332 e. The first kappa shape index (κ1) is 16.0. The Bertz CT molecular complexity index is 376. The minimum absolute atomic E-state index is 0.0173. The summed E-state index contributed by atoms with van der Waals surface area (Å²) in [5, 5.41) is 14.7. The zero-order chi connectivity index (χ0) is 15.3. The van der Waals surface area contributed by atoms with Crippen molar-refractivity contribution in [1.29, 1.82) is 0 Å². The first-order chi connectivity index (χ1) is 10.0. The average Bonchev–Trinajstić information content (AvgIpc) is 2.89. The second kappa shape index (κ2) is 7.09. The molecule has 0 aromatic carbocycles. The van der Waals surface area contributed by atoms with Gasteiger partial charge in [-0.05, 0) is 32.9 Å². The first-order valence-electron chi connectivity index (χ1n) is 7.64. The topological polar surface area (TPSA) is 90.9 Å². The Kier molecular flexibility index (Phi) is 5.41. The van der Waals surface area contributed by atoms with Crippen molar-refractivity contribution in [3.05, 3.63) is 0 Å². The fraction of sp³-hybridized carbons (Fsp3) is 0.857. The predicted octanol–water partition coefficient (Wildman–Crippen LogP) is 0.404. The fourth-order valence-electron chi connectivity index (χ4n) is 2.94. The molecule has 2 atom stereocenters. The molecule has 0 aliphatic carbocycles. The summed E-state index contributed by atoms with van der Waals surface area (Å²) in [6, 6.07) is -0.455. The second-order valence-corrected chi connectivity index (χ2v) is 6.05. The maximum absolute atomic E-state index is 12.0. The SMILES string of the molecule is CC(CN1CCCCC1)NC(=O)NC1(C(=O)O)CCOC1. The number of amides is 2. The highest BCUT2D eigenvalue weighted by molar-refractivity contribution is 5.86. The maximum atomic E-state index is 12.0. The molecule has 21 heavy (non-hydrogen) atoms. The molecule has 2 fully saturated rings. The second-order valence-electron chi connectivity index (χ2n) is 6.05. The highest BCUT2D eigenvalue weighted by Gasteiger charge is 2.44. The van der Waals surface area contributed by atoms with Gasteiger partial charge < -0.3 is 25.4 Å². The van der Waals surface area contributed by atoms with Crippen molar-refractivity contribution < 1.29 is 19.4 Å². The number of carboxylic acid groups (broad SMARTS) is 1. The summed E-state index contributed by atoms with van der Waals surface area (Å²) in [5.74, 6) is -1.04. The number of nitrogens with zero attached hydrogens (tertiary/aromatic N) is 1. The van der Waals surface area contributed by atoms with Gasteiger partial charge in [-0.3, -0.25) is 0 Å². The van der Waals surface area contributed by atoms with Crippen molar-refractivity contribution in [2.45, 2.75) is 44.2 Å². The van der Waals surface area contributed by atoms with E-state index in [1.54, 1.807) is 0 Å². The van der Waals surface area contributed by atoms with Crippen LogP contribution in [0.15, 0.2) is 0 Å². The van der Waals surface area contributed by atoms with Gasteiger partial charge in [-0.1, -0.05) is 6.42 Å². The third kappa shape index (κ3) is 4.31. The fourth-order valence-corrected chi connectivity index (χ4v) is 2.94. The van der Waals surface area contributed by atoms with Crippen molar-refractivity contribution in [2.75, 3.05) is 32.8 Å². The number of carboxylic acids is 1. The summed E-state index contributed by atoms with van der Waals surface area (Å²) in [6.45, 7) is 5.25. The Morgan fingerprint density at radius 3 is 2.62 bits per heavy atom. The lowest BCUT2D eigenvalue weighted by Gasteiger charge is -2.30. The van der Waals surface area contributed by atoms with Crippen LogP contribution in [0.25, 0.3) is 0 Å². The predicted molar refractivity (Wildman–Crippen MR) is 77.2 cm³/mol. The van der Waals surface area contributed by atoms with Crippen LogP contribution in [0.5, 0.6) is 0 Å². The molecule has 2 amide bonds. The summed E-state index contributed by atoms with van der Waals surface area (Å²) in [7, 11) is 0. The third-order valence-electron chi connectivity index (χ3n) is 4.14. The van der Waals surface area contributed by atoms with Crippen LogP contribution in [-0.4, -0.2) is 66.4 Å². The molecule has 2 aliphatic rings. The van der Waals surface area contributed by atoms with Gasteiger partial charge in [0, 0.05) is 25.6 Å². The zero-order valence-corrected chi connectivity index (χ0v) is 12.6. The van der Waals surface area contributed by atoms with E-state index in [1.807, 2.05) is 6.92 Å². The van der Waals surface area contributed by atoms with Crippen LogP contribution in [0.3, 0.4) is 0 Å². The number of urea groups is 1. The Balaban J connectivity index is 1.78. The molecule has 2 aliphatic heterocycles. The minimum Gasteiger partial charge on any atom is -0.479 e. The molecule has 7 nitrogen and oxygen atoms in total. The summed E-state index contributed by atoms with van der Waals surface area (Å²) in [5.41, 5.74) is -1.28. The van der Waals surface area contributed by atoms with E-state index in [-0.39, 0.29) is 12.6 Å². The van der Waals surface area contributed by atoms with Gasteiger partial charge in [0.15, 0.2) is 5.54 Å². The molecule has 0 aromatic rings. The van der Waals surface area contributed by atoms with E-state index in [9.17, 15) is 14.7 Å². The van der Waals surface area contributed by atoms with Gasteiger partial charge in [0.1, 0.15) is 0 Å². The number of piperidine rings is 1. The third-order valence-corrected chi connectivity index (χ3v) is 4.14. The number of hydrogen-bond donors (Lipinski definition) is 3. The van der Waals surface area contributed by atoms with Crippen LogP contribution in [0.4, 0.5) is 4.79 Å². The Hall–Kier alpha value is -1.34. The molecule has 0 aromatic heterocycles. The number of rotatable bonds is 5. The van der Waals surface area contributed by atoms with Crippen molar-refractivity contribution in [2.24, 2.45) is 0 Å². The van der Waals surface area contributed by atoms with Gasteiger partial charge in [-0.15, -0.1) is 0 Å². The van der Waals surface area contributed by atoms with Crippen LogP contribution in [0, 0.1) is 0 Å². The van der Waals surface area contributed by atoms with Gasteiger partial charge in [0.25, 0.3) is 0 Å². The molecule has 2 rings (SSSR count). The minimum atomic E-state index is -1.28. The normalized spacial score (nSPS) is 28.0. The zero-order valence-electron chi connectivity index (χ0n) is 12.6. The molecule has 120 valence electrons. The van der Waals surface area contributed by atoms with Crippen LogP contribution < -0.4 is 10.6 Å². The molecule has 7 heteroatoms. The number of nitrogens with one attached hydrogen (secondary N) is 2. The van der Waals surface area contributed by atoms with Crippen LogP contribution in [0.1, 0.15) is 32.6 Å². The monoisotopic (exact) mass is 299 g/mol. The standard InChI is InChI=1S/C14H25N3O4/c1-11(9-17-6-3-2-4-7-17)15-13(20)16-14(12(18)19)5-8-21-10-14/h11H,2-10H2,1H3,(H,18,19)(H2,15,16,20). The van der Waals surface area contributed by atoms with Gasteiger partial charge in [0.2, 0.25) is 0 Å². The van der Waals surface area contributed by atoms with Gasteiger partial charge in [0.05, 0.1) is 6.61 Å². The van der Waals surface area contributed by atoms with E-state index >= 15 is 0 Å². The molecular weight excluding hydrogens is 274 g/mol. The molecule has 2 unspecified atom stereocenters. The van der Waals surface area contributed by atoms with Crippen LogP contribution in [-0.2, 0) is 9.53 Å². The van der Waals surface area contributed by atoms with E-state index in [2.05, 4.69) is 15.5 Å². The number of ether oxygens (including phenoxy) is 1. The largest absolute Gasteiger partial charge is 0.479 e. The van der Waals surface area contributed by atoms with Crippen LogP contribution in [0.2, 0.25) is 0 Å². The molecule has 0 saturated carbocycles. The van der Waals surface area contributed by atoms with Crippen molar-refractivity contribution >= 4 is 12.0 Å². The summed E-state index contributed by atoms with van der Waals surface area (Å²) >= 11 is 0. The Morgan fingerprint density at radius 1 is 1.33 bits per heavy atom. The van der Waals surface area contributed by atoms with Crippen molar-refractivity contribution in [1.82, 2.24) is 15.5 Å². The van der Waals surface area contributed by atoms with E-state index in [1.165, 1.54) is 19.3 Å². The first-order valence-corrected chi connectivity index (χ1v) is 7.64. The Morgan fingerprint density at radius 2 is 2.05 bits per heavy atom. The van der Waals surface area contributed by atoms with Crippen LogP contribution >= 0.6 is 0 Å². The lowest BCUT2D eigenvalue weighted by Crippen LogP contribution is -2.59. The number of carbonyl (C=O) groups excluding carboxylic acids is 1. The lowest BCUT2D eigenvalue weighted by molar-refractivity contribution is -0.144. The molecule has 3 N–H and O–H groups in total. The maximum Gasteiger partial charge on any atom is 0.332 e. The summed E-state index contributed by atoms with van der Waals surface area (Å²) < 4.78 is 5.12. The number of likely N-dealkylation sites (tertiary alicyclic amines) is 1. The lowest BCUT2D eigenvalue weighted by atomic mass is 9.99. The summed E-state index contributed by atoms with van der Waals surface area (Å²) in [4.78, 5) is 25.7. The molecule has 0 radical (unpaired) electrons. The summed E-state index contributed by atoms with van der Waals surface area (Å²) in [6.07, 6.45) is 3.99. The van der Waals surface area contributed by atoms with Gasteiger partial charge in [-0.25, -0.2) is 9.59 Å². The number of carbonyl (C=O) groups is 2. The van der Waals surface area contributed by atoms with Gasteiger partial charge >= 0.3 is 12.0 Å². The van der Waals surface area contributed by atoms with E-state index < -0.39 is 17.5 Å². The van der Waals surface area contributed by atoms with Crippen molar-refractivity contribution in [3.8, 4) is 0 Å².